The Hall–Kier alpha value is -1.85. The van der Waals surface area contributed by atoms with Crippen molar-refractivity contribution in [3.8, 4) is 0 Å². The van der Waals surface area contributed by atoms with Crippen molar-refractivity contribution in [2.75, 3.05) is 6.54 Å². The second-order valence-corrected chi connectivity index (χ2v) is 4.85. The first-order valence-electron chi connectivity index (χ1n) is 5.98. The van der Waals surface area contributed by atoms with E-state index in [0.717, 1.165) is 6.42 Å². The number of primary amides is 1. The summed E-state index contributed by atoms with van der Waals surface area (Å²) in [6, 6.07) is 0. The molecule has 0 aromatic carbocycles. The predicted octanol–water partition coefficient (Wildman–Crippen LogP) is -0.499. The third kappa shape index (κ3) is 2.23. The van der Waals surface area contributed by atoms with Gasteiger partial charge in [-0.25, -0.2) is 0 Å². The molecule has 6 heteroatoms. The number of hydrogen-bond acceptors (Lipinski definition) is 3. The van der Waals surface area contributed by atoms with Crippen molar-refractivity contribution in [3.05, 3.63) is 12.2 Å². The highest BCUT2D eigenvalue weighted by Gasteiger charge is 2.51. The molecule has 4 unspecified atom stereocenters. The van der Waals surface area contributed by atoms with Crippen molar-refractivity contribution >= 4 is 17.8 Å². The van der Waals surface area contributed by atoms with E-state index in [-0.39, 0.29) is 30.7 Å². The summed E-state index contributed by atoms with van der Waals surface area (Å²) < 4.78 is 0. The molecule has 0 aromatic heterocycles. The maximum atomic E-state index is 12.0. The zero-order valence-electron chi connectivity index (χ0n) is 9.83. The molecule has 2 aliphatic carbocycles. The number of allylic oxidation sites excluding steroid dienone is 2. The summed E-state index contributed by atoms with van der Waals surface area (Å²) in [6.45, 7) is 0.165. The zero-order chi connectivity index (χ0) is 13.3. The number of fused-ring (bicyclic) bond motifs is 2. The van der Waals surface area contributed by atoms with E-state index in [0.29, 0.717) is 0 Å². The molecule has 0 radical (unpaired) electrons. The first-order chi connectivity index (χ1) is 8.50. The molecule has 6 nitrogen and oxygen atoms in total. The molecule has 1 saturated carbocycles. The van der Waals surface area contributed by atoms with Crippen molar-refractivity contribution in [1.29, 1.82) is 0 Å². The normalized spacial score (nSPS) is 32.4. The van der Waals surface area contributed by atoms with Crippen LogP contribution in [0.5, 0.6) is 0 Å². The van der Waals surface area contributed by atoms with Gasteiger partial charge in [-0.3, -0.25) is 14.4 Å². The molecular weight excluding hydrogens is 236 g/mol. The first-order valence-corrected chi connectivity index (χ1v) is 5.98. The average Bonchev–Trinajstić information content (AvgIpc) is 2.87. The van der Waals surface area contributed by atoms with Gasteiger partial charge in [-0.2, -0.15) is 0 Å². The summed E-state index contributed by atoms with van der Waals surface area (Å²) in [5, 5.41) is 11.8. The molecule has 2 amide bonds. The molecule has 0 heterocycles. The predicted molar refractivity (Wildman–Crippen MR) is 62.2 cm³/mol. The summed E-state index contributed by atoms with van der Waals surface area (Å²) in [5.41, 5.74) is 4.97. The number of aliphatic carboxylic acids is 1. The number of carbonyl (C=O) groups excluding carboxylic acids is 2. The maximum Gasteiger partial charge on any atom is 0.307 e. The minimum atomic E-state index is -0.929. The number of amides is 2. The van der Waals surface area contributed by atoms with Gasteiger partial charge >= 0.3 is 5.97 Å². The summed E-state index contributed by atoms with van der Waals surface area (Å²) in [5.74, 6) is -2.91. The standard InChI is InChI=1S/C12H16N2O4/c13-8(15)3-4-14-11(16)9-6-1-2-7(5-6)10(9)12(17)18/h1-2,6-7,9-10H,3-5H2,(H2,13,15)(H,14,16)(H,17,18). The van der Waals surface area contributed by atoms with E-state index < -0.39 is 23.7 Å². The van der Waals surface area contributed by atoms with Crippen molar-refractivity contribution < 1.29 is 19.5 Å². The summed E-state index contributed by atoms with van der Waals surface area (Å²) in [4.78, 5) is 33.7. The lowest BCUT2D eigenvalue weighted by Gasteiger charge is -2.23. The van der Waals surface area contributed by atoms with E-state index in [4.69, 9.17) is 5.73 Å². The maximum absolute atomic E-state index is 12.0. The Balaban J connectivity index is 1.98. The second kappa shape index (κ2) is 4.80. The Kier molecular flexibility index (Phi) is 3.36. The van der Waals surface area contributed by atoms with Gasteiger partial charge in [0.15, 0.2) is 0 Å². The lowest BCUT2D eigenvalue weighted by molar-refractivity contribution is -0.147. The largest absolute Gasteiger partial charge is 0.481 e. The van der Waals surface area contributed by atoms with E-state index >= 15 is 0 Å². The van der Waals surface area contributed by atoms with Gasteiger partial charge in [0.05, 0.1) is 11.8 Å². The van der Waals surface area contributed by atoms with Crippen LogP contribution in [0.1, 0.15) is 12.8 Å². The summed E-state index contributed by atoms with van der Waals surface area (Å²) in [6.07, 6.45) is 4.60. The first kappa shape index (κ1) is 12.6. The smallest absolute Gasteiger partial charge is 0.307 e. The molecule has 0 spiro atoms. The number of carboxylic acids is 1. The van der Waals surface area contributed by atoms with Gasteiger partial charge in [0.2, 0.25) is 11.8 Å². The Morgan fingerprint density at radius 1 is 1.22 bits per heavy atom. The number of hydrogen-bond donors (Lipinski definition) is 3. The fraction of sp³-hybridized carbons (Fsp3) is 0.583. The molecule has 4 atom stereocenters. The number of nitrogens with two attached hydrogens (primary N) is 1. The molecule has 98 valence electrons. The van der Waals surface area contributed by atoms with Gasteiger partial charge in [-0.15, -0.1) is 0 Å². The Bertz CT molecular complexity index is 418. The quantitative estimate of drug-likeness (QED) is 0.573. The summed E-state index contributed by atoms with van der Waals surface area (Å²) in [7, 11) is 0. The molecule has 4 N–H and O–H groups in total. The third-order valence-electron chi connectivity index (χ3n) is 3.72. The van der Waals surface area contributed by atoms with Crippen molar-refractivity contribution in [3.63, 3.8) is 0 Å². The molecule has 2 bridgehead atoms. The van der Waals surface area contributed by atoms with Crippen LogP contribution in [0.2, 0.25) is 0 Å². The number of rotatable bonds is 5. The molecule has 0 saturated heterocycles. The molecular formula is C12H16N2O4. The topological polar surface area (TPSA) is 109 Å². The van der Waals surface area contributed by atoms with Crippen LogP contribution < -0.4 is 11.1 Å². The minimum absolute atomic E-state index is 0.00433. The number of carboxylic acid groups (broad SMARTS) is 1. The lowest BCUT2D eigenvalue weighted by Crippen LogP contribution is -2.41. The fourth-order valence-corrected chi connectivity index (χ4v) is 2.94. The van der Waals surface area contributed by atoms with Gasteiger partial charge in [-0.1, -0.05) is 12.2 Å². The van der Waals surface area contributed by atoms with Crippen LogP contribution in [-0.4, -0.2) is 29.4 Å². The highest BCUT2D eigenvalue weighted by atomic mass is 16.4. The number of nitrogens with one attached hydrogen (secondary N) is 1. The van der Waals surface area contributed by atoms with Gasteiger partial charge in [0, 0.05) is 13.0 Å². The van der Waals surface area contributed by atoms with Crippen molar-refractivity contribution in [2.45, 2.75) is 12.8 Å². The van der Waals surface area contributed by atoms with Gasteiger partial charge in [0.25, 0.3) is 0 Å². The van der Waals surface area contributed by atoms with Crippen molar-refractivity contribution in [2.24, 2.45) is 29.4 Å². The van der Waals surface area contributed by atoms with E-state index in [1.54, 1.807) is 0 Å². The highest BCUT2D eigenvalue weighted by molar-refractivity contribution is 5.87. The van der Waals surface area contributed by atoms with Gasteiger partial charge < -0.3 is 16.2 Å². The Labute approximate surface area is 104 Å². The van der Waals surface area contributed by atoms with Crippen molar-refractivity contribution in [1.82, 2.24) is 5.32 Å². The second-order valence-electron chi connectivity index (χ2n) is 4.85. The van der Waals surface area contributed by atoms with Crippen LogP contribution >= 0.6 is 0 Å². The van der Waals surface area contributed by atoms with Crippen LogP contribution in [0.15, 0.2) is 12.2 Å². The van der Waals surface area contributed by atoms with Crippen LogP contribution in [0, 0.1) is 23.7 Å². The zero-order valence-corrected chi connectivity index (χ0v) is 9.83. The Morgan fingerprint density at radius 3 is 2.39 bits per heavy atom. The number of carbonyl (C=O) groups is 3. The molecule has 18 heavy (non-hydrogen) atoms. The third-order valence-corrected chi connectivity index (χ3v) is 3.72. The minimum Gasteiger partial charge on any atom is -0.481 e. The monoisotopic (exact) mass is 252 g/mol. The van der Waals surface area contributed by atoms with Crippen LogP contribution in [0.4, 0.5) is 0 Å². The van der Waals surface area contributed by atoms with E-state index in [1.807, 2.05) is 12.2 Å². The van der Waals surface area contributed by atoms with Crippen LogP contribution in [-0.2, 0) is 14.4 Å². The average molecular weight is 252 g/mol. The molecule has 1 fully saturated rings. The SMILES string of the molecule is NC(=O)CCNC(=O)C1C2C=CC(C2)C1C(=O)O. The van der Waals surface area contributed by atoms with Crippen LogP contribution in [0.25, 0.3) is 0 Å². The van der Waals surface area contributed by atoms with E-state index in [1.165, 1.54) is 0 Å². The molecule has 0 aliphatic heterocycles. The van der Waals surface area contributed by atoms with Gasteiger partial charge in [-0.05, 0) is 18.3 Å². The fourth-order valence-electron chi connectivity index (χ4n) is 2.94. The lowest BCUT2D eigenvalue weighted by atomic mass is 9.82. The highest BCUT2D eigenvalue weighted by Crippen LogP contribution is 2.48. The molecule has 2 rings (SSSR count). The van der Waals surface area contributed by atoms with E-state index in [2.05, 4.69) is 5.32 Å². The Morgan fingerprint density at radius 2 is 1.83 bits per heavy atom. The summed E-state index contributed by atoms with van der Waals surface area (Å²) >= 11 is 0. The molecule has 0 aromatic rings. The van der Waals surface area contributed by atoms with Gasteiger partial charge in [0.1, 0.15) is 0 Å². The van der Waals surface area contributed by atoms with E-state index in [9.17, 15) is 19.5 Å². The molecule has 2 aliphatic rings. The van der Waals surface area contributed by atoms with Crippen LogP contribution in [0.3, 0.4) is 0 Å².